The number of nitrogens with one attached hydrogen (secondary N) is 1. The van der Waals surface area contributed by atoms with Gasteiger partial charge in [-0.05, 0) is 12.3 Å². The van der Waals surface area contributed by atoms with Crippen molar-refractivity contribution in [2.45, 2.75) is 45.7 Å². The van der Waals surface area contributed by atoms with E-state index < -0.39 is 24.0 Å². The molecule has 0 rings (SSSR count). The molecule has 0 aromatic rings. The molecule has 0 aromatic carbocycles. The molecule has 88 valence electrons. The summed E-state index contributed by atoms with van der Waals surface area (Å²) in [6.07, 6.45) is 1.19. The molecule has 0 aliphatic rings. The van der Waals surface area contributed by atoms with Crippen LogP contribution in [-0.4, -0.2) is 29.1 Å². The second-order valence-corrected chi connectivity index (χ2v) is 3.72. The van der Waals surface area contributed by atoms with E-state index in [0.29, 0.717) is 12.8 Å². The zero-order valence-corrected chi connectivity index (χ0v) is 9.49. The Bertz CT molecular complexity index is 231. The SMILES string of the molecule is CC[C@@H](N)C(=O)N[C@@H](C(=O)O)[C@@H](C)CC. The summed E-state index contributed by atoms with van der Waals surface area (Å²) in [7, 11) is 0. The molecule has 5 heteroatoms. The van der Waals surface area contributed by atoms with E-state index in [4.69, 9.17) is 10.8 Å². The third-order valence-electron chi connectivity index (χ3n) is 2.55. The van der Waals surface area contributed by atoms with E-state index in [1.165, 1.54) is 0 Å². The van der Waals surface area contributed by atoms with Crippen molar-refractivity contribution < 1.29 is 14.7 Å². The molecule has 0 unspecified atom stereocenters. The van der Waals surface area contributed by atoms with E-state index in [0.717, 1.165) is 0 Å². The summed E-state index contributed by atoms with van der Waals surface area (Å²) in [6.45, 7) is 5.45. The van der Waals surface area contributed by atoms with Crippen molar-refractivity contribution in [1.82, 2.24) is 5.32 Å². The lowest BCUT2D eigenvalue weighted by atomic mass is 9.99. The number of carboxylic acid groups (broad SMARTS) is 1. The Hall–Kier alpha value is -1.10. The molecule has 0 fully saturated rings. The van der Waals surface area contributed by atoms with Crippen LogP contribution in [0.5, 0.6) is 0 Å². The van der Waals surface area contributed by atoms with Crippen molar-refractivity contribution in [3.05, 3.63) is 0 Å². The average Bonchev–Trinajstić information content (AvgIpc) is 2.22. The van der Waals surface area contributed by atoms with Crippen LogP contribution >= 0.6 is 0 Å². The van der Waals surface area contributed by atoms with Gasteiger partial charge in [0.2, 0.25) is 5.91 Å². The minimum Gasteiger partial charge on any atom is -0.480 e. The Morgan fingerprint density at radius 1 is 1.33 bits per heavy atom. The zero-order chi connectivity index (χ0) is 12.0. The van der Waals surface area contributed by atoms with Gasteiger partial charge in [0.05, 0.1) is 6.04 Å². The highest BCUT2D eigenvalue weighted by atomic mass is 16.4. The normalized spacial score (nSPS) is 16.5. The average molecular weight is 216 g/mol. The van der Waals surface area contributed by atoms with Gasteiger partial charge in [-0.2, -0.15) is 0 Å². The predicted molar refractivity (Wildman–Crippen MR) is 57.3 cm³/mol. The van der Waals surface area contributed by atoms with E-state index in [-0.39, 0.29) is 5.92 Å². The van der Waals surface area contributed by atoms with Crippen LogP contribution in [0, 0.1) is 5.92 Å². The number of rotatable bonds is 6. The van der Waals surface area contributed by atoms with Gasteiger partial charge < -0.3 is 16.2 Å². The number of carbonyl (C=O) groups excluding carboxylic acids is 1. The van der Waals surface area contributed by atoms with E-state index in [2.05, 4.69) is 5.32 Å². The quantitative estimate of drug-likeness (QED) is 0.597. The summed E-state index contributed by atoms with van der Waals surface area (Å²) in [5, 5.41) is 11.4. The lowest BCUT2D eigenvalue weighted by Crippen LogP contribution is -2.50. The van der Waals surface area contributed by atoms with Crippen molar-refractivity contribution in [3.63, 3.8) is 0 Å². The number of amides is 1. The van der Waals surface area contributed by atoms with Gasteiger partial charge in [-0.15, -0.1) is 0 Å². The Labute approximate surface area is 90.0 Å². The molecule has 4 N–H and O–H groups in total. The van der Waals surface area contributed by atoms with Crippen LogP contribution < -0.4 is 11.1 Å². The fourth-order valence-electron chi connectivity index (χ4n) is 1.13. The summed E-state index contributed by atoms with van der Waals surface area (Å²) >= 11 is 0. The van der Waals surface area contributed by atoms with E-state index in [9.17, 15) is 9.59 Å². The molecule has 0 bridgehead atoms. The molecule has 3 atom stereocenters. The maximum Gasteiger partial charge on any atom is 0.326 e. The highest BCUT2D eigenvalue weighted by Gasteiger charge is 2.26. The summed E-state index contributed by atoms with van der Waals surface area (Å²) in [6, 6.07) is -1.48. The topological polar surface area (TPSA) is 92.4 Å². The molecule has 0 aromatic heterocycles. The van der Waals surface area contributed by atoms with Gasteiger partial charge in [0.1, 0.15) is 6.04 Å². The summed E-state index contributed by atoms with van der Waals surface area (Å²) in [5.41, 5.74) is 5.50. The maximum absolute atomic E-state index is 11.4. The monoisotopic (exact) mass is 216 g/mol. The Morgan fingerprint density at radius 3 is 2.20 bits per heavy atom. The first-order valence-electron chi connectivity index (χ1n) is 5.22. The molecule has 15 heavy (non-hydrogen) atoms. The number of carbonyl (C=O) groups is 2. The number of hydrogen-bond donors (Lipinski definition) is 3. The largest absolute Gasteiger partial charge is 0.480 e. The van der Waals surface area contributed by atoms with Crippen LogP contribution in [0.1, 0.15) is 33.6 Å². The fourth-order valence-corrected chi connectivity index (χ4v) is 1.13. The van der Waals surface area contributed by atoms with Gasteiger partial charge in [-0.25, -0.2) is 4.79 Å². The van der Waals surface area contributed by atoms with Crippen LogP contribution in [0.25, 0.3) is 0 Å². The van der Waals surface area contributed by atoms with Gasteiger partial charge >= 0.3 is 5.97 Å². The minimum atomic E-state index is -1.01. The number of aliphatic carboxylic acids is 1. The third-order valence-corrected chi connectivity index (χ3v) is 2.55. The first kappa shape index (κ1) is 13.9. The Morgan fingerprint density at radius 2 is 1.87 bits per heavy atom. The third kappa shape index (κ3) is 4.29. The van der Waals surface area contributed by atoms with Crippen LogP contribution in [0.3, 0.4) is 0 Å². The Balaban J connectivity index is 4.42. The van der Waals surface area contributed by atoms with Gasteiger partial charge in [-0.3, -0.25) is 4.79 Å². The first-order valence-corrected chi connectivity index (χ1v) is 5.22. The van der Waals surface area contributed by atoms with E-state index in [1.54, 1.807) is 13.8 Å². The Kier molecular flexibility index (Phi) is 5.93. The summed E-state index contributed by atoms with van der Waals surface area (Å²) in [4.78, 5) is 22.3. The van der Waals surface area contributed by atoms with E-state index in [1.807, 2.05) is 6.92 Å². The predicted octanol–water partition coefficient (Wildman–Crippen LogP) is 0.339. The molecule has 0 aliphatic carbocycles. The fraction of sp³-hybridized carbons (Fsp3) is 0.800. The lowest BCUT2D eigenvalue weighted by Gasteiger charge is -2.21. The molecular formula is C10H20N2O3. The van der Waals surface area contributed by atoms with Crippen LogP contribution in [0.2, 0.25) is 0 Å². The van der Waals surface area contributed by atoms with Gasteiger partial charge in [0.25, 0.3) is 0 Å². The van der Waals surface area contributed by atoms with Crippen LogP contribution in [0.4, 0.5) is 0 Å². The van der Waals surface area contributed by atoms with Crippen molar-refractivity contribution in [2.75, 3.05) is 0 Å². The second kappa shape index (κ2) is 6.40. The highest BCUT2D eigenvalue weighted by molar-refractivity contribution is 5.86. The molecule has 0 saturated heterocycles. The second-order valence-electron chi connectivity index (χ2n) is 3.72. The lowest BCUT2D eigenvalue weighted by molar-refractivity contribution is -0.143. The molecule has 5 nitrogen and oxygen atoms in total. The molecule has 0 heterocycles. The number of nitrogens with two attached hydrogens (primary N) is 1. The maximum atomic E-state index is 11.4. The molecule has 0 aliphatic heterocycles. The van der Waals surface area contributed by atoms with E-state index >= 15 is 0 Å². The zero-order valence-electron chi connectivity index (χ0n) is 9.49. The van der Waals surface area contributed by atoms with Crippen molar-refractivity contribution in [1.29, 1.82) is 0 Å². The number of carboxylic acids is 1. The van der Waals surface area contributed by atoms with Crippen molar-refractivity contribution >= 4 is 11.9 Å². The molecular weight excluding hydrogens is 196 g/mol. The summed E-state index contributed by atoms with van der Waals surface area (Å²) < 4.78 is 0. The highest BCUT2D eigenvalue weighted by Crippen LogP contribution is 2.08. The molecule has 1 amide bonds. The first-order chi connectivity index (χ1) is 6.93. The van der Waals surface area contributed by atoms with Gasteiger partial charge in [-0.1, -0.05) is 27.2 Å². The smallest absolute Gasteiger partial charge is 0.326 e. The summed E-state index contributed by atoms with van der Waals surface area (Å²) in [5.74, 6) is -1.51. The van der Waals surface area contributed by atoms with Gasteiger partial charge in [0, 0.05) is 0 Å². The minimum absolute atomic E-state index is 0.101. The van der Waals surface area contributed by atoms with Crippen LogP contribution in [0.15, 0.2) is 0 Å². The molecule has 0 spiro atoms. The van der Waals surface area contributed by atoms with Crippen LogP contribution in [-0.2, 0) is 9.59 Å². The molecule has 0 saturated carbocycles. The van der Waals surface area contributed by atoms with Crippen molar-refractivity contribution in [2.24, 2.45) is 11.7 Å². The van der Waals surface area contributed by atoms with Crippen molar-refractivity contribution in [3.8, 4) is 0 Å². The standard InChI is InChI=1S/C10H20N2O3/c1-4-6(3)8(10(14)15)12-9(13)7(11)5-2/h6-8H,4-5,11H2,1-3H3,(H,12,13)(H,14,15)/t6-,7+,8+/m0/s1. The number of hydrogen-bond acceptors (Lipinski definition) is 3. The van der Waals surface area contributed by atoms with Gasteiger partial charge in [0.15, 0.2) is 0 Å². The molecule has 0 radical (unpaired) electrons.